The van der Waals surface area contributed by atoms with E-state index in [0.717, 1.165) is 27.2 Å². The van der Waals surface area contributed by atoms with Crippen molar-refractivity contribution >= 4 is 64.1 Å². The molecule has 1 unspecified atom stereocenters. The highest BCUT2D eigenvalue weighted by Gasteiger charge is 2.33. The molecule has 4 heterocycles. The van der Waals surface area contributed by atoms with Crippen LogP contribution in [0.25, 0.3) is 6.08 Å². The molecule has 4 N–H and O–H groups in total. The average Bonchev–Trinajstić information content (AvgIpc) is 3.43. The number of carbonyl (C=O) groups excluding carboxylic acids is 1. The number of aromatic carboxylic acids is 1. The summed E-state index contributed by atoms with van der Waals surface area (Å²) in [6.07, 6.45) is 3.74. The molecule has 0 radical (unpaired) electrons. The number of anilines is 1. The quantitative estimate of drug-likeness (QED) is 0.462. The fraction of sp³-hybridized carbons (Fsp3) is 0.222. The number of aliphatic imine (C=N–C) groups is 2. The van der Waals surface area contributed by atoms with Gasteiger partial charge in [-0.05, 0) is 18.1 Å². The Morgan fingerprint density at radius 3 is 2.75 bits per heavy atom. The van der Waals surface area contributed by atoms with Gasteiger partial charge in [-0.25, -0.2) is 19.6 Å². The zero-order valence-electron chi connectivity index (χ0n) is 16.0. The molecule has 0 fully saturated rings. The normalized spacial score (nSPS) is 18.1. The molecule has 2 aromatic rings. The van der Waals surface area contributed by atoms with Crippen LogP contribution >= 0.6 is 22.7 Å². The van der Waals surface area contributed by atoms with Gasteiger partial charge in [0, 0.05) is 4.88 Å². The van der Waals surface area contributed by atoms with E-state index in [1.807, 2.05) is 0 Å². The number of nitrogens with one attached hydrogen (secondary N) is 1. The number of rotatable bonds is 5. The van der Waals surface area contributed by atoms with Crippen LogP contribution in [-0.2, 0) is 27.3 Å². The van der Waals surface area contributed by atoms with E-state index in [9.17, 15) is 29.4 Å². The molecule has 2 aliphatic rings. The van der Waals surface area contributed by atoms with Crippen molar-refractivity contribution < 1.29 is 34.4 Å². The summed E-state index contributed by atoms with van der Waals surface area (Å²) in [4.78, 5) is 54.7. The van der Waals surface area contributed by atoms with Gasteiger partial charge in [-0.2, -0.15) is 0 Å². The molecule has 0 spiro atoms. The molecule has 2 aromatic heterocycles. The van der Waals surface area contributed by atoms with Gasteiger partial charge in [0.15, 0.2) is 0 Å². The van der Waals surface area contributed by atoms with Gasteiger partial charge in [0.2, 0.25) is 5.88 Å². The zero-order valence-corrected chi connectivity index (χ0v) is 17.6. The molecule has 166 valence electrons. The second-order valence-electron chi connectivity index (χ2n) is 6.58. The third-order valence-corrected chi connectivity index (χ3v) is 6.79. The maximum absolute atomic E-state index is 12.5. The van der Waals surface area contributed by atoms with Crippen molar-refractivity contribution in [2.75, 3.05) is 11.9 Å². The van der Waals surface area contributed by atoms with Crippen molar-refractivity contribution in [2.45, 2.75) is 19.1 Å². The number of thiophene rings is 1. The maximum Gasteiger partial charge on any atom is 0.394 e. The second-order valence-corrected chi connectivity index (χ2v) is 8.63. The molecular weight excluding hydrogens is 464 g/mol. The molecule has 32 heavy (non-hydrogen) atoms. The summed E-state index contributed by atoms with van der Waals surface area (Å²) in [5.41, 5.74) is 0.646. The lowest BCUT2D eigenvalue weighted by atomic mass is 10.0. The molecule has 1 amide bonds. The fourth-order valence-corrected chi connectivity index (χ4v) is 5.38. The summed E-state index contributed by atoms with van der Waals surface area (Å²) in [6, 6.07) is 0. The van der Waals surface area contributed by atoms with E-state index in [1.54, 1.807) is 0 Å². The Balaban J connectivity index is 1.68. The number of fused-ring (bicyclic) bond motifs is 1. The van der Waals surface area contributed by atoms with Crippen LogP contribution in [0.5, 0.6) is 5.88 Å². The standard InChI is InChI=1S/C18H14N4O8S2/c23-13(17(27)28)21-14-11(16(25)26)8-1-2-30-9(12(8)32-14)5-22-15(24)10(31-18(22)29)3-7-4-19-6-20-7/h3-4,6,9,24H,1-2,5H2,(H,21,23)(H,25,26)(H,27,28)/b7-3+. The lowest BCUT2D eigenvalue weighted by Crippen LogP contribution is -2.24. The Bertz CT molecular complexity index is 1270. The third kappa shape index (κ3) is 3.98. The maximum atomic E-state index is 12.5. The van der Waals surface area contributed by atoms with Crippen molar-refractivity contribution in [3.05, 3.63) is 36.2 Å². The summed E-state index contributed by atoms with van der Waals surface area (Å²) >= 11 is 1.66. The first kappa shape index (κ1) is 21.6. The molecule has 0 saturated carbocycles. The van der Waals surface area contributed by atoms with Crippen LogP contribution in [0.3, 0.4) is 0 Å². The number of aromatic nitrogens is 1. The van der Waals surface area contributed by atoms with Crippen molar-refractivity contribution in [1.29, 1.82) is 0 Å². The van der Waals surface area contributed by atoms with E-state index in [4.69, 9.17) is 9.84 Å². The van der Waals surface area contributed by atoms with Crippen LogP contribution < -0.4 is 10.2 Å². The van der Waals surface area contributed by atoms with Crippen molar-refractivity contribution in [2.24, 2.45) is 9.98 Å². The monoisotopic (exact) mass is 478 g/mol. The number of thiazole rings is 1. The first-order chi connectivity index (χ1) is 15.3. The Hall–Kier alpha value is -3.62. The zero-order chi connectivity index (χ0) is 23.0. The SMILES string of the molecule is O=C(O)C(=O)Nc1sc2c(c1C(=O)O)CCOC2Cn1c(O)c(/C=C2\C=NC=N2)sc1=O. The van der Waals surface area contributed by atoms with E-state index >= 15 is 0 Å². The highest BCUT2D eigenvalue weighted by Crippen LogP contribution is 2.42. The first-order valence-electron chi connectivity index (χ1n) is 9.01. The van der Waals surface area contributed by atoms with Crippen LogP contribution in [-0.4, -0.2) is 56.9 Å². The summed E-state index contributed by atoms with van der Waals surface area (Å²) in [5, 5.41) is 30.9. The Kier molecular flexibility index (Phi) is 5.73. The minimum absolute atomic E-state index is 0.111. The third-order valence-electron chi connectivity index (χ3n) is 4.64. The molecule has 0 aliphatic carbocycles. The number of aliphatic carboxylic acids is 1. The molecular formula is C18H14N4O8S2. The second kappa shape index (κ2) is 8.49. The highest BCUT2D eigenvalue weighted by atomic mass is 32.1. The molecule has 0 saturated heterocycles. The Morgan fingerprint density at radius 1 is 1.31 bits per heavy atom. The summed E-state index contributed by atoms with van der Waals surface area (Å²) in [6.45, 7) is 0.0311. The van der Waals surface area contributed by atoms with Crippen LogP contribution in [0.15, 0.2) is 20.5 Å². The van der Waals surface area contributed by atoms with Gasteiger partial charge < -0.3 is 25.4 Å². The van der Waals surface area contributed by atoms with Crippen LogP contribution in [0, 0.1) is 0 Å². The van der Waals surface area contributed by atoms with E-state index in [-0.39, 0.29) is 40.9 Å². The number of ether oxygens (including phenoxy) is 1. The molecule has 4 rings (SSSR count). The fourth-order valence-electron chi connectivity index (χ4n) is 3.26. The number of amides is 1. The number of carboxylic acids is 2. The van der Waals surface area contributed by atoms with E-state index in [2.05, 4.69) is 15.3 Å². The van der Waals surface area contributed by atoms with Crippen molar-refractivity contribution in [3.63, 3.8) is 0 Å². The lowest BCUT2D eigenvalue weighted by Gasteiger charge is -2.23. The molecule has 0 aromatic carbocycles. The van der Waals surface area contributed by atoms with Crippen LogP contribution in [0.2, 0.25) is 0 Å². The average molecular weight is 478 g/mol. The number of allylic oxidation sites excluding steroid dienone is 1. The van der Waals surface area contributed by atoms with Gasteiger partial charge in [0.25, 0.3) is 0 Å². The highest BCUT2D eigenvalue weighted by molar-refractivity contribution is 7.17. The predicted octanol–water partition coefficient (Wildman–Crippen LogP) is 1.17. The number of nitrogens with zero attached hydrogens (tertiary/aromatic N) is 3. The minimum atomic E-state index is -1.76. The smallest absolute Gasteiger partial charge is 0.394 e. The topological polar surface area (TPSA) is 180 Å². The van der Waals surface area contributed by atoms with Gasteiger partial charge in [0.05, 0.1) is 35.5 Å². The van der Waals surface area contributed by atoms with E-state index in [0.29, 0.717) is 16.1 Å². The summed E-state index contributed by atoms with van der Waals surface area (Å²) < 4.78 is 6.82. The largest absolute Gasteiger partial charge is 0.493 e. The number of carboxylic acid groups (broad SMARTS) is 2. The van der Waals surface area contributed by atoms with Gasteiger partial charge in [0.1, 0.15) is 17.4 Å². The summed E-state index contributed by atoms with van der Waals surface area (Å²) in [7, 11) is 0. The number of carbonyl (C=O) groups is 3. The molecule has 2 aliphatic heterocycles. The number of hydrogen-bond acceptors (Lipinski definition) is 10. The van der Waals surface area contributed by atoms with Crippen LogP contribution in [0.1, 0.15) is 31.8 Å². The van der Waals surface area contributed by atoms with Gasteiger partial charge in [-0.1, -0.05) is 11.3 Å². The van der Waals surface area contributed by atoms with Gasteiger partial charge in [-0.15, -0.1) is 11.3 Å². The van der Waals surface area contributed by atoms with Gasteiger partial charge >= 0.3 is 22.7 Å². The van der Waals surface area contributed by atoms with E-state index < -0.39 is 28.8 Å². The molecule has 1 atom stereocenters. The Morgan fingerprint density at radius 2 is 2.09 bits per heavy atom. The molecule has 12 nitrogen and oxygen atoms in total. The Labute approximate surface area is 186 Å². The lowest BCUT2D eigenvalue weighted by molar-refractivity contribution is -0.147. The molecule has 14 heteroatoms. The van der Waals surface area contributed by atoms with Crippen molar-refractivity contribution in [1.82, 2.24) is 4.57 Å². The van der Waals surface area contributed by atoms with E-state index in [1.165, 1.54) is 18.6 Å². The first-order valence-corrected chi connectivity index (χ1v) is 10.6. The number of hydrogen-bond donors (Lipinski definition) is 4. The minimum Gasteiger partial charge on any atom is -0.493 e. The predicted molar refractivity (Wildman–Crippen MR) is 115 cm³/mol. The van der Waals surface area contributed by atoms with Gasteiger partial charge in [-0.3, -0.25) is 14.2 Å². The molecule has 0 bridgehead atoms. The van der Waals surface area contributed by atoms with Crippen LogP contribution in [0.4, 0.5) is 5.00 Å². The summed E-state index contributed by atoms with van der Waals surface area (Å²) in [5.74, 6) is -4.75. The van der Waals surface area contributed by atoms with Crippen molar-refractivity contribution in [3.8, 4) is 5.88 Å². The number of aromatic hydroxyl groups is 1.